The molecule has 4 nitrogen and oxygen atoms in total. The second-order valence-electron chi connectivity index (χ2n) is 3.15. The molecule has 0 radical (unpaired) electrons. The van der Waals surface area contributed by atoms with Crippen LogP contribution in [0.5, 0.6) is 0 Å². The molecule has 1 aromatic rings. The highest BCUT2D eigenvalue weighted by Gasteiger charge is 2.23. The first-order valence-electron chi connectivity index (χ1n) is 4.93. The highest BCUT2D eigenvalue weighted by molar-refractivity contribution is 9.10. The monoisotopic (exact) mass is 274 g/mol. The number of ketones is 1. The third-order valence-corrected chi connectivity index (χ3v) is 2.86. The van der Waals surface area contributed by atoms with Gasteiger partial charge in [-0.3, -0.25) is 9.48 Å². The van der Waals surface area contributed by atoms with Crippen LogP contribution in [0.25, 0.3) is 0 Å². The maximum absolute atomic E-state index is 12.1. The van der Waals surface area contributed by atoms with Gasteiger partial charge in [0, 0.05) is 13.7 Å². The van der Waals surface area contributed by atoms with Crippen molar-refractivity contribution in [3.05, 3.63) is 16.4 Å². The summed E-state index contributed by atoms with van der Waals surface area (Å²) in [5, 5.41) is 4.10. The minimum Gasteiger partial charge on any atom is -0.373 e. The second-order valence-corrected chi connectivity index (χ2v) is 4.01. The van der Waals surface area contributed by atoms with Crippen molar-refractivity contribution in [3.8, 4) is 0 Å². The summed E-state index contributed by atoms with van der Waals surface area (Å²) in [4.78, 5) is 12.1. The van der Waals surface area contributed by atoms with E-state index in [4.69, 9.17) is 4.74 Å². The Morgan fingerprint density at radius 2 is 2.33 bits per heavy atom. The number of halogens is 1. The van der Waals surface area contributed by atoms with Crippen molar-refractivity contribution in [2.75, 3.05) is 7.11 Å². The van der Waals surface area contributed by atoms with E-state index in [1.54, 1.807) is 18.0 Å². The molecule has 15 heavy (non-hydrogen) atoms. The number of aromatic nitrogens is 2. The summed E-state index contributed by atoms with van der Waals surface area (Å²) < 4.78 is 7.53. The Labute approximate surface area is 97.7 Å². The standard InChI is InChI=1S/C10H15BrN2O2/c1-4-8(15-3)10(14)9-7(11)6-12-13(9)5-2/h6,8H,4-5H2,1-3H3. The van der Waals surface area contributed by atoms with Crippen molar-refractivity contribution in [1.29, 1.82) is 0 Å². The fourth-order valence-electron chi connectivity index (χ4n) is 1.46. The summed E-state index contributed by atoms with van der Waals surface area (Å²) in [7, 11) is 1.55. The molecule has 0 aliphatic rings. The smallest absolute Gasteiger partial charge is 0.210 e. The van der Waals surface area contributed by atoms with E-state index in [2.05, 4.69) is 21.0 Å². The molecule has 5 heteroatoms. The summed E-state index contributed by atoms with van der Waals surface area (Å²) in [6, 6.07) is 0. The number of Topliss-reactive ketones (excluding diaryl/α,β-unsaturated/α-hetero) is 1. The molecule has 1 atom stereocenters. The molecule has 84 valence electrons. The third-order valence-electron chi connectivity index (χ3n) is 2.28. The topological polar surface area (TPSA) is 44.1 Å². The minimum absolute atomic E-state index is 0.0220. The van der Waals surface area contributed by atoms with Crippen molar-refractivity contribution in [2.45, 2.75) is 32.9 Å². The molecule has 0 bridgehead atoms. The Hall–Kier alpha value is -0.680. The Bertz CT molecular complexity index is 345. The van der Waals surface area contributed by atoms with Crippen LogP contribution in [0.1, 0.15) is 30.8 Å². The molecule has 0 N–H and O–H groups in total. The van der Waals surface area contributed by atoms with Crippen LogP contribution in [0.4, 0.5) is 0 Å². The molecular weight excluding hydrogens is 260 g/mol. The lowest BCUT2D eigenvalue weighted by Gasteiger charge is -2.12. The normalized spacial score (nSPS) is 12.8. The zero-order valence-corrected chi connectivity index (χ0v) is 10.7. The quantitative estimate of drug-likeness (QED) is 0.774. The molecule has 0 saturated heterocycles. The lowest BCUT2D eigenvalue weighted by atomic mass is 10.1. The predicted molar refractivity (Wildman–Crippen MR) is 61.0 cm³/mol. The first-order valence-corrected chi connectivity index (χ1v) is 5.73. The van der Waals surface area contributed by atoms with Gasteiger partial charge in [0.25, 0.3) is 0 Å². The molecule has 1 rings (SSSR count). The largest absolute Gasteiger partial charge is 0.373 e. The lowest BCUT2D eigenvalue weighted by Crippen LogP contribution is -2.25. The van der Waals surface area contributed by atoms with Crippen LogP contribution in [0.15, 0.2) is 10.7 Å². The lowest BCUT2D eigenvalue weighted by molar-refractivity contribution is 0.0584. The Morgan fingerprint density at radius 3 is 2.80 bits per heavy atom. The van der Waals surface area contributed by atoms with Crippen LogP contribution in [0.2, 0.25) is 0 Å². The van der Waals surface area contributed by atoms with E-state index >= 15 is 0 Å². The fraction of sp³-hybridized carbons (Fsp3) is 0.600. The molecule has 1 heterocycles. The van der Waals surface area contributed by atoms with E-state index < -0.39 is 0 Å². The fourth-order valence-corrected chi connectivity index (χ4v) is 1.95. The van der Waals surface area contributed by atoms with Crippen LogP contribution in [0, 0.1) is 0 Å². The number of nitrogens with zero attached hydrogens (tertiary/aromatic N) is 2. The van der Waals surface area contributed by atoms with Gasteiger partial charge >= 0.3 is 0 Å². The number of methoxy groups -OCH3 is 1. The molecule has 0 amide bonds. The molecule has 0 aromatic carbocycles. The highest BCUT2D eigenvalue weighted by Crippen LogP contribution is 2.19. The summed E-state index contributed by atoms with van der Waals surface area (Å²) in [6.07, 6.45) is 1.92. The molecule has 0 aliphatic heterocycles. The number of carbonyl (C=O) groups is 1. The van der Waals surface area contributed by atoms with Crippen LogP contribution < -0.4 is 0 Å². The van der Waals surface area contributed by atoms with E-state index in [0.29, 0.717) is 18.7 Å². The Balaban J connectivity index is 3.03. The van der Waals surface area contributed by atoms with E-state index in [-0.39, 0.29) is 11.9 Å². The summed E-state index contributed by atoms with van der Waals surface area (Å²) in [6.45, 7) is 4.55. The van der Waals surface area contributed by atoms with Crippen LogP contribution in [-0.4, -0.2) is 28.8 Å². The molecule has 0 spiro atoms. The van der Waals surface area contributed by atoms with Crippen molar-refractivity contribution in [2.24, 2.45) is 0 Å². The second kappa shape index (κ2) is 5.42. The minimum atomic E-state index is -0.386. The first-order chi connectivity index (χ1) is 7.15. The van der Waals surface area contributed by atoms with E-state index in [9.17, 15) is 4.79 Å². The third kappa shape index (κ3) is 2.46. The van der Waals surface area contributed by atoms with E-state index in [1.807, 2.05) is 13.8 Å². The van der Waals surface area contributed by atoms with Gasteiger partial charge in [-0.25, -0.2) is 0 Å². The van der Waals surface area contributed by atoms with Gasteiger partial charge in [-0.2, -0.15) is 5.10 Å². The summed E-state index contributed by atoms with van der Waals surface area (Å²) >= 11 is 3.33. The number of aryl methyl sites for hydroxylation is 1. The summed E-state index contributed by atoms with van der Waals surface area (Å²) in [5.41, 5.74) is 0.589. The van der Waals surface area contributed by atoms with Crippen molar-refractivity contribution >= 4 is 21.7 Å². The molecular formula is C10H15BrN2O2. The van der Waals surface area contributed by atoms with Gasteiger partial charge in [0.15, 0.2) is 0 Å². The van der Waals surface area contributed by atoms with Crippen molar-refractivity contribution in [1.82, 2.24) is 9.78 Å². The molecule has 0 saturated carbocycles. The maximum Gasteiger partial charge on any atom is 0.210 e. The first kappa shape index (κ1) is 12.4. The Kier molecular flexibility index (Phi) is 4.47. The van der Waals surface area contributed by atoms with Gasteiger partial charge in [0.1, 0.15) is 11.8 Å². The average Bonchev–Trinajstić information content (AvgIpc) is 2.61. The van der Waals surface area contributed by atoms with Crippen LogP contribution in [0.3, 0.4) is 0 Å². The number of hydrogen-bond donors (Lipinski definition) is 0. The zero-order chi connectivity index (χ0) is 11.4. The average molecular weight is 275 g/mol. The molecule has 0 aliphatic carbocycles. The summed E-state index contributed by atoms with van der Waals surface area (Å²) in [5.74, 6) is -0.0220. The van der Waals surface area contributed by atoms with E-state index in [1.165, 1.54) is 0 Å². The molecule has 1 aromatic heterocycles. The van der Waals surface area contributed by atoms with Gasteiger partial charge in [-0.1, -0.05) is 6.92 Å². The van der Waals surface area contributed by atoms with Gasteiger partial charge < -0.3 is 4.74 Å². The Morgan fingerprint density at radius 1 is 1.67 bits per heavy atom. The maximum atomic E-state index is 12.1. The van der Waals surface area contributed by atoms with Gasteiger partial charge in [0.05, 0.1) is 10.7 Å². The van der Waals surface area contributed by atoms with Crippen molar-refractivity contribution < 1.29 is 9.53 Å². The zero-order valence-electron chi connectivity index (χ0n) is 9.16. The number of hydrogen-bond acceptors (Lipinski definition) is 3. The number of rotatable bonds is 5. The predicted octanol–water partition coefficient (Wildman–Crippen LogP) is 2.27. The van der Waals surface area contributed by atoms with Crippen LogP contribution >= 0.6 is 15.9 Å². The number of carbonyl (C=O) groups excluding carboxylic acids is 1. The highest BCUT2D eigenvalue weighted by atomic mass is 79.9. The number of ether oxygens (including phenoxy) is 1. The van der Waals surface area contributed by atoms with E-state index in [0.717, 1.165) is 4.47 Å². The van der Waals surface area contributed by atoms with Gasteiger partial charge in [-0.15, -0.1) is 0 Å². The molecule has 1 unspecified atom stereocenters. The van der Waals surface area contributed by atoms with Crippen molar-refractivity contribution in [3.63, 3.8) is 0 Å². The van der Waals surface area contributed by atoms with Gasteiger partial charge in [-0.05, 0) is 29.3 Å². The molecule has 0 fully saturated rings. The SMILES string of the molecule is CCC(OC)C(=O)c1c(Br)cnn1CC. The van der Waals surface area contributed by atoms with Gasteiger partial charge in [0.2, 0.25) is 5.78 Å². The van der Waals surface area contributed by atoms with Crippen LogP contribution in [-0.2, 0) is 11.3 Å².